The number of hydrogen-bond acceptors (Lipinski definition) is 7. The summed E-state index contributed by atoms with van der Waals surface area (Å²) in [5.74, 6) is -0.725. The lowest BCUT2D eigenvalue weighted by molar-refractivity contribution is -0.117. The second-order valence-corrected chi connectivity index (χ2v) is 14.2. The molecule has 42 heavy (non-hydrogen) atoms. The molecule has 3 heterocycles. The van der Waals surface area contributed by atoms with Gasteiger partial charge in [-0.15, -0.1) is 11.3 Å². The molecule has 222 valence electrons. The first-order valence-corrected chi connectivity index (χ1v) is 16.7. The maximum absolute atomic E-state index is 13.3. The Morgan fingerprint density at radius 1 is 1.00 bits per heavy atom. The predicted octanol–water partition coefficient (Wildman–Crippen LogP) is 5.76. The van der Waals surface area contributed by atoms with Crippen molar-refractivity contribution >= 4 is 62.2 Å². The van der Waals surface area contributed by atoms with E-state index in [4.69, 9.17) is 11.6 Å². The number of imide groups is 1. The zero-order valence-corrected chi connectivity index (χ0v) is 25.7. The van der Waals surface area contributed by atoms with Gasteiger partial charge in [0.25, 0.3) is 15.9 Å². The van der Waals surface area contributed by atoms with Gasteiger partial charge in [0.2, 0.25) is 5.91 Å². The Morgan fingerprint density at radius 2 is 1.74 bits per heavy atom. The zero-order chi connectivity index (χ0) is 29.9. The van der Waals surface area contributed by atoms with Crippen LogP contribution in [0.3, 0.4) is 0 Å². The summed E-state index contributed by atoms with van der Waals surface area (Å²) in [6, 6.07) is 12.1. The highest BCUT2D eigenvalue weighted by Gasteiger charge is 2.32. The SMILES string of the molecule is Cc1sc(S(=O)(=O)NC(=O)Nc2ccc(N3C(=O)Cc4cc(CCCCN5CCCCC5)ccc4C3=O)cc2)cc1Cl. The number of aryl methyl sites for hydroxylation is 2. The van der Waals surface area contributed by atoms with Gasteiger partial charge in [-0.25, -0.2) is 22.8 Å². The number of benzene rings is 2. The summed E-state index contributed by atoms with van der Waals surface area (Å²) >= 11 is 6.91. The van der Waals surface area contributed by atoms with E-state index in [1.807, 2.05) is 16.9 Å². The first kappa shape index (κ1) is 30.2. The van der Waals surface area contributed by atoms with Gasteiger partial charge < -0.3 is 10.2 Å². The summed E-state index contributed by atoms with van der Waals surface area (Å²) in [7, 11) is -4.09. The lowest BCUT2D eigenvalue weighted by Crippen LogP contribution is -2.42. The molecule has 0 radical (unpaired) electrons. The molecule has 0 saturated carbocycles. The molecular formula is C30H33ClN4O5S2. The average Bonchev–Trinajstić information content (AvgIpc) is 3.31. The van der Waals surface area contributed by atoms with Crippen LogP contribution < -0.4 is 14.9 Å². The van der Waals surface area contributed by atoms with E-state index in [2.05, 4.69) is 10.2 Å². The van der Waals surface area contributed by atoms with Crippen LogP contribution in [-0.2, 0) is 27.7 Å². The number of hydrogen-bond donors (Lipinski definition) is 2. The van der Waals surface area contributed by atoms with Crippen LogP contribution in [0.2, 0.25) is 5.02 Å². The van der Waals surface area contributed by atoms with E-state index in [1.54, 1.807) is 13.0 Å². The molecule has 0 unspecified atom stereocenters. The van der Waals surface area contributed by atoms with Crippen LogP contribution in [0.25, 0.3) is 0 Å². The van der Waals surface area contributed by atoms with E-state index >= 15 is 0 Å². The first-order valence-electron chi connectivity index (χ1n) is 14.0. The summed E-state index contributed by atoms with van der Waals surface area (Å²) in [5.41, 5.74) is 3.03. The van der Waals surface area contributed by atoms with E-state index in [0.29, 0.717) is 21.2 Å². The molecular weight excluding hydrogens is 596 g/mol. The third-order valence-electron chi connectivity index (χ3n) is 7.54. The monoisotopic (exact) mass is 628 g/mol. The number of piperidine rings is 1. The fourth-order valence-electron chi connectivity index (χ4n) is 5.33. The van der Waals surface area contributed by atoms with Gasteiger partial charge in [-0.05, 0) is 106 Å². The van der Waals surface area contributed by atoms with Gasteiger partial charge in [0.15, 0.2) is 0 Å². The summed E-state index contributed by atoms with van der Waals surface area (Å²) in [4.78, 5) is 43.0. The highest BCUT2D eigenvalue weighted by Crippen LogP contribution is 2.30. The minimum Gasteiger partial charge on any atom is -0.307 e. The number of urea groups is 1. The molecule has 1 aromatic heterocycles. The van der Waals surface area contributed by atoms with E-state index in [9.17, 15) is 22.8 Å². The number of carbonyl (C=O) groups excluding carboxylic acids is 3. The molecule has 2 N–H and O–H groups in total. The Balaban J connectivity index is 1.18. The van der Waals surface area contributed by atoms with Gasteiger partial charge in [-0.3, -0.25) is 9.59 Å². The number of nitrogens with zero attached hydrogens (tertiary/aromatic N) is 2. The highest BCUT2D eigenvalue weighted by molar-refractivity contribution is 7.92. The summed E-state index contributed by atoms with van der Waals surface area (Å²) < 4.78 is 26.8. The van der Waals surface area contributed by atoms with Crippen LogP contribution in [0.15, 0.2) is 52.7 Å². The summed E-state index contributed by atoms with van der Waals surface area (Å²) in [6.45, 7) is 5.20. The fraction of sp³-hybridized carbons (Fsp3) is 0.367. The normalized spacial score (nSPS) is 15.9. The second-order valence-electron chi connectivity index (χ2n) is 10.6. The van der Waals surface area contributed by atoms with Gasteiger partial charge in [-0.1, -0.05) is 30.2 Å². The van der Waals surface area contributed by atoms with E-state index in [0.717, 1.165) is 53.2 Å². The highest BCUT2D eigenvalue weighted by atomic mass is 35.5. The Morgan fingerprint density at radius 3 is 2.43 bits per heavy atom. The van der Waals surface area contributed by atoms with E-state index in [1.165, 1.54) is 62.7 Å². The fourth-order valence-corrected chi connectivity index (χ4v) is 7.93. The maximum Gasteiger partial charge on any atom is 0.333 e. The molecule has 2 aliphatic heterocycles. The molecule has 0 spiro atoms. The van der Waals surface area contributed by atoms with Crippen molar-refractivity contribution in [2.45, 2.75) is 56.1 Å². The number of carbonyl (C=O) groups is 3. The van der Waals surface area contributed by atoms with Gasteiger partial charge in [-0.2, -0.15) is 0 Å². The van der Waals surface area contributed by atoms with Gasteiger partial charge in [0.05, 0.1) is 17.1 Å². The molecule has 0 atom stereocenters. The minimum atomic E-state index is -4.09. The smallest absolute Gasteiger partial charge is 0.307 e. The molecule has 1 saturated heterocycles. The minimum absolute atomic E-state index is 0.0714. The number of likely N-dealkylation sites (tertiary alicyclic amines) is 1. The van der Waals surface area contributed by atoms with E-state index in [-0.39, 0.29) is 22.2 Å². The largest absolute Gasteiger partial charge is 0.333 e. The lowest BCUT2D eigenvalue weighted by atomic mass is 9.94. The molecule has 5 rings (SSSR count). The number of nitrogens with one attached hydrogen (secondary N) is 2. The van der Waals surface area contributed by atoms with Gasteiger partial charge in [0.1, 0.15) is 4.21 Å². The average molecular weight is 629 g/mol. The number of thiophene rings is 1. The Hall–Kier alpha value is -3.25. The molecule has 4 amide bonds. The van der Waals surface area contributed by atoms with Crippen LogP contribution >= 0.6 is 22.9 Å². The van der Waals surface area contributed by atoms with Gasteiger partial charge >= 0.3 is 6.03 Å². The third kappa shape index (κ3) is 7.03. The molecule has 12 heteroatoms. The second kappa shape index (κ2) is 12.9. The number of halogens is 1. The Kier molecular flexibility index (Phi) is 9.32. The number of anilines is 2. The van der Waals surface area contributed by atoms with Crippen LogP contribution in [-0.4, -0.2) is 50.8 Å². The first-order chi connectivity index (χ1) is 20.1. The summed E-state index contributed by atoms with van der Waals surface area (Å²) in [6.07, 6.45) is 7.15. The number of sulfonamides is 1. The van der Waals surface area contributed by atoms with Crippen molar-refractivity contribution in [1.82, 2.24) is 9.62 Å². The number of unbranched alkanes of at least 4 members (excludes halogenated alkanes) is 1. The molecule has 1 fully saturated rings. The zero-order valence-electron chi connectivity index (χ0n) is 23.3. The van der Waals surface area contributed by atoms with Crippen molar-refractivity contribution in [3.8, 4) is 0 Å². The number of amides is 4. The van der Waals surface area contributed by atoms with Crippen molar-refractivity contribution in [3.63, 3.8) is 0 Å². The summed E-state index contributed by atoms with van der Waals surface area (Å²) in [5, 5.41) is 2.76. The lowest BCUT2D eigenvalue weighted by Gasteiger charge is -2.27. The van der Waals surface area contributed by atoms with Crippen molar-refractivity contribution in [2.24, 2.45) is 0 Å². The standard InChI is InChI=1S/C30H33ClN4O5S2/c1-20-26(31)19-28(41-20)42(39,40)33-30(38)32-23-9-11-24(12-10-23)35-27(36)18-22-17-21(8-13-25(22)29(35)37)7-3-6-16-34-14-4-2-5-15-34/h8-13,17,19H,2-7,14-16,18H2,1H3,(H2,32,33,38). The third-order valence-corrected chi connectivity index (χ3v) is 10.9. The number of fused-ring (bicyclic) bond motifs is 1. The molecule has 3 aromatic rings. The molecule has 0 aliphatic carbocycles. The van der Waals surface area contributed by atoms with Crippen LogP contribution in [0.4, 0.5) is 16.2 Å². The predicted molar refractivity (Wildman–Crippen MR) is 165 cm³/mol. The van der Waals surface area contributed by atoms with E-state index < -0.39 is 22.0 Å². The molecule has 2 aromatic carbocycles. The van der Waals surface area contributed by atoms with Crippen molar-refractivity contribution in [1.29, 1.82) is 0 Å². The number of rotatable bonds is 9. The quantitative estimate of drug-likeness (QED) is 0.230. The maximum atomic E-state index is 13.3. The molecule has 0 bridgehead atoms. The Bertz CT molecular complexity index is 1580. The van der Waals surface area contributed by atoms with Crippen molar-refractivity contribution < 1.29 is 22.8 Å². The topological polar surface area (TPSA) is 116 Å². The van der Waals surface area contributed by atoms with Crippen LogP contribution in [0.5, 0.6) is 0 Å². The van der Waals surface area contributed by atoms with Crippen molar-refractivity contribution in [3.05, 3.63) is 75.1 Å². The Labute approximate surface area is 254 Å². The van der Waals surface area contributed by atoms with Crippen LogP contribution in [0.1, 0.15) is 58.5 Å². The van der Waals surface area contributed by atoms with Crippen molar-refractivity contribution in [2.75, 3.05) is 29.9 Å². The van der Waals surface area contributed by atoms with Crippen LogP contribution in [0, 0.1) is 6.92 Å². The molecule has 2 aliphatic rings. The van der Waals surface area contributed by atoms with Gasteiger partial charge in [0, 0.05) is 16.1 Å². The molecule has 9 nitrogen and oxygen atoms in total.